The smallest absolute Gasteiger partial charge is 0.198 e. The van der Waals surface area contributed by atoms with E-state index in [-0.39, 0.29) is 5.88 Å². The molecule has 0 radical (unpaired) electrons. The number of aromatic hydroxyl groups is 1. The van der Waals surface area contributed by atoms with Crippen molar-refractivity contribution in [2.24, 2.45) is 4.99 Å². The molecule has 31 heavy (non-hydrogen) atoms. The van der Waals surface area contributed by atoms with Crippen molar-refractivity contribution in [2.75, 3.05) is 13.2 Å². The van der Waals surface area contributed by atoms with Gasteiger partial charge in [0.15, 0.2) is 11.7 Å². The van der Waals surface area contributed by atoms with Crippen LogP contribution in [0.5, 0.6) is 5.88 Å². The van der Waals surface area contributed by atoms with Gasteiger partial charge in [-0.05, 0) is 44.4 Å². The van der Waals surface area contributed by atoms with Crippen LogP contribution in [0.3, 0.4) is 0 Å². The third-order valence-electron chi connectivity index (χ3n) is 5.78. The van der Waals surface area contributed by atoms with Crippen molar-refractivity contribution < 1.29 is 9.84 Å². The molecule has 8 nitrogen and oxygen atoms in total. The molecule has 5 heterocycles. The minimum Gasteiger partial charge on any atom is -0.494 e. The van der Waals surface area contributed by atoms with Crippen LogP contribution in [-0.4, -0.2) is 48.8 Å². The molecule has 2 N–H and O–H groups in total. The van der Waals surface area contributed by atoms with Crippen molar-refractivity contribution in [2.45, 2.75) is 32.7 Å². The van der Waals surface area contributed by atoms with Crippen molar-refractivity contribution in [3.63, 3.8) is 0 Å². The zero-order chi connectivity index (χ0) is 21.4. The summed E-state index contributed by atoms with van der Waals surface area (Å²) in [7, 11) is 0. The van der Waals surface area contributed by atoms with Crippen LogP contribution in [0.4, 0.5) is 5.82 Å². The fraction of sp³-hybridized carbons (Fsp3) is 0.304. The largest absolute Gasteiger partial charge is 0.494 e. The topological polar surface area (TPSA) is 101 Å². The molecule has 158 valence electrons. The van der Waals surface area contributed by atoms with Gasteiger partial charge in [-0.15, -0.1) is 0 Å². The summed E-state index contributed by atoms with van der Waals surface area (Å²) in [6.45, 7) is 5.43. The number of hydrogen-bond donors (Lipinski definition) is 2. The molecular weight excluding hydrogens is 392 g/mol. The van der Waals surface area contributed by atoms with Gasteiger partial charge in [0, 0.05) is 48.8 Å². The first-order valence-electron chi connectivity index (χ1n) is 10.4. The molecule has 1 aliphatic heterocycles. The lowest BCUT2D eigenvalue weighted by Crippen LogP contribution is -2.19. The van der Waals surface area contributed by atoms with E-state index >= 15 is 0 Å². The number of ether oxygens (including phenoxy) is 1. The van der Waals surface area contributed by atoms with E-state index in [0.717, 1.165) is 53.8 Å². The van der Waals surface area contributed by atoms with Crippen LogP contribution in [0.1, 0.15) is 36.9 Å². The van der Waals surface area contributed by atoms with Crippen LogP contribution in [0.2, 0.25) is 0 Å². The van der Waals surface area contributed by atoms with E-state index in [2.05, 4.69) is 25.0 Å². The first-order valence-corrected chi connectivity index (χ1v) is 10.4. The van der Waals surface area contributed by atoms with Gasteiger partial charge in [-0.1, -0.05) is 0 Å². The molecule has 1 fully saturated rings. The maximum atomic E-state index is 10.6. The average Bonchev–Trinajstić information content (AvgIpc) is 3.37. The van der Waals surface area contributed by atoms with Gasteiger partial charge >= 0.3 is 0 Å². The number of rotatable bonds is 4. The van der Waals surface area contributed by atoms with E-state index in [1.165, 1.54) is 0 Å². The fourth-order valence-corrected chi connectivity index (χ4v) is 4.09. The standard InChI is InChI=1S/C23H24N6O2/c1-14-3-7-24-12-18(14)19-11-17-20(13-25-19)27-23(30)22(17)15(2)26-21-4-8-29(28-21)16-5-9-31-10-6-16/h3-4,7-8,11-13,16,27,30H,5-6,9-10H2,1-2H3. The molecule has 0 bridgehead atoms. The minimum absolute atomic E-state index is 0.0713. The fourth-order valence-electron chi connectivity index (χ4n) is 4.09. The maximum Gasteiger partial charge on any atom is 0.198 e. The Labute approximate surface area is 179 Å². The van der Waals surface area contributed by atoms with Gasteiger partial charge in [0.1, 0.15) is 0 Å². The summed E-state index contributed by atoms with van der Waals surface area (Å²) in [6.07, 6.45) is 9.17. The number of hydrogen-bond acceptors (Lipinski definition) is 6. The SMILES string of the molecule is CC(=Nc1ccn(C2CCOCC2)n1)c1c(O)[nH]c2cnc(-c3cnccc3C)cc12. The number of fused-ring (bicyclic) bond motifs is 1. The molecule has 0 unspecified atom stereocenters. The first-order chi connectivity index (χ1) is 15.1. The van der Waals surface area contributed by atoms with Crippen molar-refractivity contribution in [3.05, 3.63) is 54.1 Å². The Hall–Kier alpha value is -3.52. The van der Waals surface area contributed by atoms with Crippen molar-refractivity contribution in [1.29, 1.82) is 0 Å². The van der Waals surface area contributed by atoms with Crippen LogP contribution in [-0.2, 0) is 4.74 Å². The van der Waals surface area contributed by atoms with Crippen LogP contribution < -0.4 is 0 Å². The lowest BCUT2D eigenvalue weighted by Gasteiger charge is -2.22. The highest BCUT2D eigenvalue weighted by atomic mass is 16.5. The highest BCUT2D eigenvalue weighted by molar-refractivity contribution is 6.13. The number of aromatic amines is 1. The molecular formula is C23H24N6O2. The Balaban J connectivity index is 1.52. The van der Waals surface area contributed by atoms with E-state index in [9.17, 15) is 5.11 Å². The van der Waals surface area contributed by atoms with E-state index in [0.29, 0.717) is 23.1 Å². The third-order valence-corrected chi connectivity index (χ3v) is 5.78. The Kier molecular flexibility index (Phi) is 4.99. The predicted octanol–water partition coefficient (Wildman–Crippen LogP) is 4.33. The molecule has 0 atom stereocenters. The van der Waals surface area contributed by atoms with Crippen molar-refractivity contribution >= 4 is 22.4 Å². The summed E-state index contributed by atoms with van der Waals surface area (Å²) in [5, 5.41) is 16.1. The Morgan fingerprint density at radius 3 is 2.90 bits per heavy atom. The monoisotopic (exact) mass is 416 g/mol. The lowest BCUT2D eigenvalue weighted by atomic mass is 10.0. The van der Waals surface area contributed by atoms with Gasteiger partial charge < -0.3 is 14.8 Å². The molecule has 1 aliphatic rings. The summed E-state index contributed by atoms with van der Waals surface area (Å²) >= 11 is 0. The number of aryl methyl sites for hydroxylation is 1. The third kappa shape index (κ3) is 3.70. The van der Waals surface area contributed by atoms with Gasteiger partial charge in [0.25, 0.3) is 0 Å². The normalized spacial score (nSPS) is 15.6. The van der Waals surface area contributed by atoms with Gasteiger partial charge in [-0.3, -0.25) is 14.6 Å². The molecule has 5 rings (SSSR count). The van der Waals surface area contributed by atoms with Crippen molar-refractivity contribution in [3.8, 4) is 17.1 Å². The molecule has 8 heteroatoms. The average molecular weight is 416 g/mol. The van der Waals surface area contributed by atoms with E-state index < -0.39 is 0 Å². The molecule has 0 amide bonds. The summed E-state index contributed by atoms with van der Waals surface area (Å²) in [6, 6.07) is 6.16. The summed E-state index contributed by atoms with van der Waals surface area (Å²) in [5.41, 5.74) is 4.94. The molecule has 4 aromatic rings. The van der Waals surface area contributed by atoms with Gasteiger partial charge in [0.05, 0.1) is 34.7 Å². The van der Waals surface area contributed by atoms with Crippen LogP contribution in [0.25, 0.3) is 22.2 Å². The Bertz CT molecular complexity index is 1270. The zero-order valence-corrected chi connectivity index (χ0v) is 17.5. The van der Waals surface area contributed by atoms with E-state index in [1.807, 2.05) is 42.9 Å². The van der Waals surface area contributed by atoms with Crippen LogP contribution in [0, 0.1) is 6.92 Å². The number of H-pyrrole nitrogens is 1. The molecule has 1 saturated heterocycles. The summed E-state index contributed by atoms with van der Waals surface area (Å²) in [5.74, 6) is 0.692. The number of aliphatic imine (C=N–C) groups is 1. The van der Waals surface area contributed by atoms with E-state index in [1.54, 1.807) is 18.6 Å². The molecule has 4 aromatic heterocycles. The summed E-state index contributed by atoms with van der Waals surface area (Å²) in [4.78, 5) is 16.5. The van der Waals surface area contributed by atoms with Gasteiger partial charge in [-0.25, -0.2) is 4.99 Å². The lowest BCUT2D eigenvalue weighted by molar-refractivity contribution is 0.0663. The second-order valence-corrected chi connectivity index (χ2v) is 7.85. The van der Waals surface area contributed by atoms with Crippen LogP contribution in [0.15, 0.2) is 48.0 Å². The second kappa shape index (κ2) is 7.96. The number of pyridine rings is 2. The van der Waals surface area contributed by atoms with Crippen molar-refractivity contribution in [1.82, 2.24) is 24.7 Å². The Morgan fingerprint density at radius 2 is 2.10 bits per heavy atom. The second-order valence-electron chi connectivity index (χ2n) is 7.85. The number of nitrogens with one attached hydrogen (secondary N) is 1. The van der Waals surface area contributed by atoms with Crippen LogP contribution >= 0.6 is 0 Å². The number of aromatic nitrogens is 5. The highest BCUT2D eigenvalue weighted by Gasteiger charge is 2.18. The maximum absolute atomic E-state index is 10.6. The Morgan fingerprint density at radius 1 is 1.26 bits per heavy atom. The van der Waals surface area contributed by atoms with Gasteiger partial charge in [0.2, 0.25) is 0 Å². The highest BCUT2D eigenvalue weighted by Crippen LogP contribution is 2.32. The molecule has 0 aromatic carbocycles. The first kappa shape index (κ1) is 19.4. The number of nitrogens with zero attached hydrogens (tertiary/aromatic N) is 5. The summed E-state index contributed by atoms with van der Waals surface area (Å²) < 4.78 is 7.40. The molecule has 0 spiro atoms. The van der Waals surface area contributed by atoms with E-state index in [4.69, 9.17) is 4.74 Å². The predicted molar refractivity (Wildman–Crippen MR) is 119 cm³/mol. The van der Waals surface area contributed by atoms with Gasteiger partial charge in [-0.2, -0.15) is 5.10 Å². The molecule has 0 saturated carbocycles. The zero-order valence-electron chi connectivity index (χ0n) is 17.5. The molecule has 0 aliphatic carbocycles. The minimum atomic E-state index is 0.0713. The quantitative estimate of drug-likeness (QED) is 0.482.